The SMILES string of the molecule is CCN(CC)C(=O)COC(=O)COc1ccc(Br)cc1F. The van der Waals surface area contributed by atoms with Crippen LogP contribution in [0.1, 0.15) is 13.8 Å². The highest BCUT2D eigenvalue weighted by Crippen LogP contribution is 2.21. The molecule has 0 N–H and O–H groups in total. The molecular weight excluding hydrogens is 345 g/mol. The third kappa shape index (κ3) is 5.71. The first kappa shape index (κ1) is 17.4. The molecule has 0 aliphatic carbocycles. The largest absolute Gasteiger partial charge is 0.479 e. The van der Waals surface area contributed by atoms with Crippen molar-refractivity contribution in [2.45, 2.75) is 13.8 Å². The number of halogens is 2. The summed E-state index contributed by atoms with van der Waals surface area (Å²) in [4.78, 5) is 24.6. The van der Waals surface area contributed by atoms with Gasteiger partial charge in [-0.15, -0.1) is 0 Å². The van der Waals surface area contributed by atoms with Gasteiger partial charge in [0.05, 0.1) is 0 Å². The first-order valence-corrected chi connectivity index (χ1v) is 7.28. The molecule has 116 valence electrons. The summed E-state index contributed by atoms with van der Waals surface area (Å²) < 4.78 is 23.8. The van der Waals surface area contributed by atoms with Crippen LogP contribution in [0.4, 0.5) is 4.39 Å². The highest BCUT2D eigenvalue weighted by Gasteiger charge is 2.13. The van der Waals surface area contributed by atoms with Gasteiger partial charge in [-0.05, 0) is 32.0 Å². The monoisotopic (exact) mass is 361 g/mol. The number of hydrogen-bond acceptors (Lipinski definition) is 4. The molecule has 0 aromatic heterocycles. The number of nitrogens with zero attached hydrogens (tertiary/aromatic N) is 1. The van der Waals surface area contributed by atoms with Crippen molar-refractivity contribution in [2.75, 3.05) is 26.3 Å². The second kappa shape index (κ2) is 8.61. The number of ether oxygens (including phenoxy) is 2. The molecule has 1 aromatic rings. The molecular formula is C14H17BrFNO4. The quantitative estimate of drug-likeness (QED) is 0.699. The zero-order valence-electron chi connectivity index (χ0n) is 11.9. The van der Waals surface area contributed by atoms with Crippen LogP contribution in [0, 0.1) is 5.82 Å². The second-order valence-corrected chi connectivity index (χ2v) is 5.01. The Hall–Kier alpha value is -1.63. The van der Waals surface area contributed by atoms with E-state index in [0.29, 0.717) is 17.6 Å². The fraction of sp³-hybridized carbons (Fsp3) is 0.429. The summed E-state index contributed by atoms with van der Waals surface area (Å²) in [6.45, 7) is 3.98. The highest BCUT2D eigenvalue weighted by molar-refractivity contribution is 9.10. The molecule has 1 rings (SSSR count). The lowest BCUT2D eigenvalue weighted by molar-refractivity contribution is -0.153. The zero-order valence-corrected chi connectivity index (χ0v) is 13.5. The average molecular weight is 362 g/mol. The Morgan fingerprint density at radius 2 is 1.90 bits per heavy atom. The van der Waals surface area contributed by atoms with Gasteiger partial charge in [-0.25, -0.2) is 9.18 Å². The Bertz CT molecular complexity index is 506. The number of amides is 1. The average Bonchev–Trinajstić information content (AvgIpc) is 2.45. The van der Waals surface area contributed by atoms with E-state index in [-0.39, 0.29) is 18.3 Å². The lowest BCUT2D eigenvalue weighted by Crippen LogP contribution is -2.34. The standard InChI is InChI=1S/C14H17BrFNO4/c1-3-17(4-2)13(18)8-21-14(19)9-20-12-6-5-10(15)7-11(12)16/h5-7H,3-4,8-9H2,1-2H3. The summed E-state index contributed by atoms with van der Waals surface area (Å²) in [5.41, 5.74) is 0. The van der Waals surface area contributed by atoms with Crippen LogP contribution in [0.5, 0.6) is 5.75 Å². The molecule has 0 saturated carbocycles. The van der Waals surface area contributed by atoms with E-state index in [9.17, 15) is 14.0 Å². The van der Waals surface area contributed by atoms with Gasteiger partial charge in [0.25, 0.3) is 5.91 Å². The maximum Gasteiger partial charge on any atom is 0.344 e. The van der Waals surface area contributed by atoms with Crippen LogP contribution in [0.3, 0.4) is 0 Å². The van der Waals surface area contributed by atoms with Gasteiger partial charge in [-0.1, -0.05) is 15.9 Å². The predicted octanol–water partition coefficient (Wildman–Crippen LogP) is 2.38. The van der Waals surface area contributed by atoms with Crippen LogP contribution in [0.2, 0.25) is 0 Å². The Morgan fingerprint density at radius 1 is 1.24 bits per heavy atom. The summed E-state index contributed by atoms with van der Waals surface area (Å²) in [6.07, 6.45) is 0. The van der Waals surface area contributed by atoms with Gasteiger partial charge in [0.1, 0.15) is 0 Å². The Morgan fingerprint density at radius 3 is 2.48 bits per heavy atom. The van der Waals surface area contributed by atoms with Gasteiger partial charge >= 0.3 is 5.97 Å². The van der Waals surface area contributed by atoms with Gasteiger partial charge in [0, 0.05) is 17.6 Å². The minimum Gasteiger partial charge on any atom is -0.479 e. The van der Waals surface area contributed by atoms with Crippen molar-refractivity contribution >= 4 is 27.8 Å². The maximum atomic E-state index is 13.4. The van der Waals surface area contributed by atoms with Crippen LogP contribution in [-0.2, 0) is 14.3 Å². The van der Waals surface area contributed by atoms with Gasteiger partial charge < -0.3 is 14.4 Å². The lowest BCUT2D eigenvalue weighted by atomic mass is 10.3. The number of hydrogen-bond donors (Lipinski definition) is 0. The van der Waals surface area contributed by atoms with Crippen LogP contribution >= 0.6 is 15.9 Å². The van der Waals surface area contributed by atoms with E-state index in [2.05, 4.69) is 15.9 Å². The lowest BCUT2D eigenvalue weighted by Gasteiger charge is -2.18. The number of rotatable bonds is 7. The van der Waals surface area contributed by atoms with E-state index < -0.39 is 18.4 Å². The van der Waals surface area contributed by atoms with Crippen LogP contribution in [0.15, 0.2) is 22.7 Å². The number of carbonyl (C=O) groups is 2. The number of likely N-dealkylation sites (N-methyl/N-ethyl adjacent to an activating group) is 1. The van der Waals surface area contributed by atoms with E-state index in [0.717, 1.165) is 0 Å². The first-order valence-electron chi connectivity index (χ1n) is 6.49. The third-order valence-corrected chi connectivity index (χ3v) is 3.21. The van der Waals surface area contributed by atoms with E-state index in [4.69, 9.17) is 9.47 Å². The van der Waals surface area contributed by atoms with Crippen molar-refractivity contribution in [3.8, 4) is 5.75 Å². The molecule has 1 aromatic carbocycles. The molecule has 0 radical (unpaired) electrons. The topological polar surface area (TPSA) is 55.8 Å². The zero-order chi connectivity index (χ0) is 15.8. The van der Waals surface area contributed by atoms with Gasteiger partial charge in [0.2, 0.25) is 0 Å². The molecule has 0 spiro atoms. The summed E-state index contributed by atoms with van der Waals surface area (Å²) in [5.74, 6) is -1.64. The molecule has 5 nitrogen and oxygen atoms in total. The van der Waals surface area contributed by atoms with Crippen molar-refractivity contribution in [1.29, 1.82) is 0 Å². The third-order valence-electron chi connectivity index (χ3n) is 2.71. The van der Waals surface area contributed by atoms with Crippen molar-refractivity contribution in [2.24, 2.45) is 0 Å². The van der Waals surface area contributed by atoms with Crippen LogP contribution < -0.4 is 4.74 Å². The molecule has 0 heterocycles. The predicted molar refractivity (Wildman–Crippen MR) is 78.5 cm³/mol. The Balaban J connectivity index is 2.39. The minimum atomic E-state index is -0.724. The van der Waals surface area contributed by atoms with Crippen molar-refractivity contribution in [1.82, 2.24) is 4.90 Å². The molecule has 21 heavy (non-hydrogen) atoms. The second-order valence-electron chi connectivity index (χ2n) is 4.09. The van der Waals surface area contributed by atoms with E-state index in [1.807, 2.05) is 13.8 Å². The summed E-state index contributed by atoms with van der Waals surface area (Å²) in [7, 11) is 0. The Kier molecular flexibility index (Phi) is 7.14. The Labute approximate surface area is 131 Å². The molecule has 0 saturated heterocycles. The van der Waals surface area contributed by atoms with Gasteiger partial charge in [-0.3, -0.25) is 4.79 Å². The van der Waals surface area contributed by atoms with Crippen molar-refractivity contribution in [3.05, 3.63) is 28.5 Å². The molecule has 0 unspecified atom stereocenters. The molecule has 0 aliphatic rings. The van der Waals surface area contributed by atoms with Crippen LogP contribution in [-0.4, -0.2) is 43.1 Å². The fourth-order valence-corrected chi connectivity index (χ4v) is 1.91. The van der Waals surface area contributed by atoms with Crippen molar-refractivity contribution in [3.63, 3.8) is 0 Å². The summed E-state index contributed by atoms with van der Waals surface area (Å²) in [6, 6.07) is 4.21. The normalized spacial score (nSPS) is 10.1. The summed E-state index contributed by atoms with van der Waals surface area (Å²) >= 11 is 3.11. The maximum absolute atomic E-state index is 13.4. The van der Waals surface area contributed by atoms with E-state index in [1.54, 1.807) is 11.0 Å². The van der Waals surface area contributed by atoms with Gasteiger partial charge in [0.15, 0.2) is 24.8 Å². The molecule has 0 bridgehead atoms. The number of benzene rings is 1. The smallest absolute Gasteiger partial charge is 0.344 e. The molecule has 7 heteroatoms. The molecule has 0 atom stereocenters. The van der Waals surface area contributed by atoms with Crippen LogP contribution in [0.25, 0.3) is 0 Å². The minimum absolute atomic E-state index is 0.0507. The number of esters is 1. The van der Waals surface area contributed by atoms with Crippen molar-refractivity contribution < 1.29 is 23.5 Å². The first-order chi connectivity index (χ1) is 9.97. The fourth-order valence-electron chi connectivity index (χ4n) is 1.58. The van der Waals surface area contributed by atoms with E-state index in [1.165, 1.54) is 12.1 Å². The molecule has 1 amide bonds. The highest BCUT2D eigenvalue weighted by atomic mass is 79.9. The molecule has 0 fully saturated rings. The number of carbonyl (C=O) groups excluding carboxylic acids is 2. The molecule has 0 aliphatic heterocycles. The van der Waals surface area contributed by atoms with Gasteiger partial charge in [-0.2, -0.15) is 0 Å². The van der Waals surface area contributed by atoms with E-state index >= 15 is 0 Å². The summed E-state index contributed by atoms with van der Waals surface area (Å²) in [5, 5.41) is 0.